The fraction of sp³-hybridized carbons (Fsp3) is 0.409. The first-order valence-electron chi connectivity index (χ1n) is 9.78. The minimum Gasteiger partial charge on any atom is -0.348 e. The minimum atomic E-state index is -0.179. The molecule has 2 aromatic rings. The zero-order valence-electron chi connectivity index (χ0n) is 15.6. The molecule has 1 aliphatic carbocycles. The van der Waals surface area contributed by atoms with Gasteiger partial charge >= 0.3 is 0 Å². The largest absolute Gasteiger partial charge is 0.348 e. The molecule has 1 saturated carbocycles. The summed E-state index contributed by atoms with van der Waals surface area (Å²) < 4.78 is 0. The van der Waals surface area contributed by atoms with Crippen LogP contribution >= 0.6 is 0 Å². The highest BCUT2D eigenvalue weighted by Gasteiger charge is 2.15. The summed E-state index contributed by atoms with van der Waals surface area (Å²) in [6, 6.07) is 11.0. The summed E-state index contributed by atoms with van der Waals surface area (Å²) in [6.45, 7) is 0.354. The first-order valence-corrected chi connectivity index (χ1v) is 9.78. The number of amides is 2. The first kappa shape index (κ1) is 19.1. The Morgan fingerprint density at radius 2 is 1.85 bits per heavy atom. The van der Waals surface area contributed by atoms with Gasteiger partial charge in [0.15, 0.2) is 0 Å². The van der Waals surface area contributed by atoms with Crippen molar-refractivity contribution in [3.63, 3.8) is 0 Å². The van der Waals surface area contributed by atoms with Crippen LogP contribution in [0.5, 0.6) is 0 Å². The van der Waals surface area contributed by atoms with Gasteiger partial charge in [-0.3, -0.25) is 14.6 Å². The van der Waals surface area contributed by atoms with Gasteiger partial charge in [0, 0.05) is 31.0 Å². The second kappa shape index (κ2) is 9.86. The molecule has 1 aliphatic rings. The number of para-hydroxylation sites is 1. The SMILES string of the molecule is O=C(CCC1CCCCC1)Nc1ccccc1CNC(=O)c1cccnc1. The Kier molecular flexibility index (Phi) is 6.97. The number of carbonyl (C=O) groups is 2. The molecular weight excluding hydrogens is 338 g/mol. The number of carbonyl (C=O) groups excluding carboxylic acids is 2. The fourth-order valence-corrected chi connectivity index (χ4v) is 3.59. The first-order chi connectivity index (χ1) is 13.2. The standard InChI is InChI=1S/C22H27N3O2/c26-21(13-12-17-7-2-1-3-8-17)25-20-11-5-4-9-18(20)16-24-22(27)19-10-6-14-23-15-19/h4-6,9-11,14-15,17H,1-3,7-8,12-13,16H2,(H,24,27)(H,25,26). The molecule has 0 spiro atoms. The van der Waals surface area contributed by atoms with Gasteiger partial charge in [-0.15, -0.1) is 0 Å². The number of pyridine rings is 1. The van der Waals surface area contributed by atoms with Crippen molar-refractivity contribution in [1.82, 2.24) is 10.3 Å². The van der Waals surface area contributed by atoms with Crippen molar-refractivity contribution in [1.29, 1.82) is 0 Å². The molecule has 0 bridgehead atoms. The zero-order valence-corrected chi connectivity index (χ0v) is 15.6. The van der Waals surface area contributed by atoms with Crippen LogP contribution in [0.15, 0.2) is 48.8 Å². The molecule has 2 amide bonds. The molecule has 2 N–H and O–H groups in total. The summed E-state index contributed by atoms with van der Waals surface area (Å²) in [6.07, 6.45) is 11.1. The van der Waals surface area contributed by atoms with Crippen LogP contribution in [0.3, 0.4) is 0 Å². The lowest BCUT2D eigenvalue weighted by Crippen LogP contribution is -2.24. The molecule has 0 unspecified atom stereocenters. The lowest BCUT2D eigenvalue weighted by Gasteiger charge is -2.21. The number of hydrogen-bond acceptors (Lipinski definition) is 3. The second-order valence-electron chi connectivity index (χ2n) is 7.17. The van der Waals surface area contributed by atoms with Gasteiger partial charge in [-0.25, -0.2) is 0 Å². The van der Waals surface area contributed by atoms with Crippen LogP contribution < -0.4 is 10.6 Å². The Hall–Kier alpha value is -2.69. The minimum absolute atomic E-state index is 0.0478. The number of hydrogen-bond donors (Lipinski definition) is 2. The summed E-state index contributed by atoms with van der Waals surface area (Å²) in [5.74, 6) is 0.562. The van der Waals surface area contributed by atoms with Crippen LogP contribution in [0.25, 0.3) is 0 Å². The normalized spacial score (nSPS) is 14.5. The van der Waals surface area contributed by atoms with Crippen molar-refractivity contribution in [2.45, 2.75) is 51.5 Å². The monoisotopic (exact) mass is 365 g/mol. The van der Waals surface area contributed by atoms with Crippen molar-refractivity contribution >= 4 is 17.5 Å². The number of anilines is 1. The van der Waals surface area contributed by atoms with E-state index >= 15 is 0 Å². The van der Waals surface area contributed by atoms with Crippen molar-refractivity contribution in [2.75, 3.05) is 5.32 Å². The Bertz CT molecular complexity index is 755. The molecule has 1 aromatic carbocycles. The molecular formula is C22H27N3O2. The van der Waals surface area contributed by atoms with E-state index < -0.39 is 0 Å². The van der Waals surface area contributed by atoms with E-state index in [0.29, 0.717) is 24.4 Å². The van der Waals surface area contributed by atoms with Gasteiger partial charge in [0.25, 0.3) is 5.91 Å². The average Bonchev–Trinajstić information content (AvgIpc) is 2.73. The Morgan fingerprint density at radius 1 is 1.04 bits per heavy atom. The van der Waals surface area contributed by atoms with E-state index in [9.17, 15) is 9.59 Å². The highest BCUT2D eigenvalue weighted by atomic mass is 16.2. The third kappa shape index (κ3) is 5.91. The van der Waals surface area contributed by atoms with Crippen LogP contribution in [0.2, 0.25) is 0 Å². The quantitative estimate of drug-likeness (QED) is 0.768. The molecule has 1 fully saturated rings. The van der Waals surface area contributed by atoms with Crippen LogP contribution in [0, 0.1) is 5.92 Å². The van der Waals surface area contributed by atoms with Crippen LogP contribution in [0.1, 0.15) is 60.9 Å². The van der Waals surface area contributed by atoms with Gasteiger partial charge < -0.3 is 10.6 Å². The smallest absolute Gasteiger partial charge is 0.253 e. The van der Waals surface area contributed by atoms with Gasteiger partial charge in [0.2, 0.25) is 5.91 Å². The molecule has 3 rings (SSSR count). The van der Waals surface area contributed by atoms with E-state index in [1.54, 1.807) is 18.3 Å². The van der Waals surface area contributed by atoms with Gasteiger partial charge in [-0.2, -0.15) is 0 Å². The predicted molar refractivity (Wildman–Crippen MR) is 106 cm³/mol. The molecule has 0 aliphatic heterocycles. The maximum atomic E-state index is 12.4. The summed E-state index contributed by atoms with van der Waals surface area (Å²) in [4.78, 5) is 28.5. The molecule has 0 atom stereocenters. The molecule has 5 heteroatoms. The van der Waals surface area contributed by atoms with Crippen molar-refractivity contribution in [2.24, 2.45) is 5.92 Å². The van der Waals surface area contributed by atoms with Crippen LogP contribution in [0.4, 0.5) is 5.69 Å². The van der Waals surface area contributed by atoms with Crippen molar-refractivity contribution < 1.29 is 9.59 Å². The molecule has 27 heavy (non-hydrogen) atoms. The van der Waals surface area contributed by atoms with Crippen LogP contribution in [-0.2, 0) is 11.3 Å². The van der Waals surface area contributed by atoms with E-state index in [-0.39, 0.29) is 11.8 Å². The topological polar surface area (TPSA) is 71.1 Å². The molecule has 142 valence electrons. The van der Waals surface area contributed by atoms with E-state index in [4.69, 9.17) is 0 Å². The number of rotatable bonds is 7. The summed E-state index contributed by atoms with van der Waals surface area (Å²) in [5, 5.41) is 5.89. The molecule has 0 saturated heterocycles. The van der Waals surface area contributed by atoms with Gasteiger partial charge in [-0.1, -0.05) is 50.3 Å². The third-order valence-electron chi connectivity index (χ3n) is 5.16. The van der Waals surface area contributed by atoms with Crippen molar-refractivity contribution in [3.05, 3.63) is 59.9 Å². The van der Waals surface area contributed by atoms with Crippen molar-refractivity contribution in [3.8, 4) is 0 Å². The highest BCUT2D eigenvalue weighted by Crippen LogP contribution is 2.27. The van der Waals surface area contributed by atoms with E-state index in [2.05, 4.69) is 15.6 Å². The fourth-order valence-electron chi connectivity index (χ4n) is 3.59. The predicted octanol–water partition coefficient (Wildman–Crippen LogP) is 4.31. The Labute approximate surface area is 160 Å². The molecule has 1 aromatic heterocycles. The number of nitrogens with one attached hydrogen (secondary N) is 2. The van der Waals surface area contributed by atoms with Gasteiger partial charge in [-0.05, 0) is 36.1 Å². The summed E-state index contributed by atoms with van der Waals surface area (Å²) in [5.41, 5.74) is 2.17. The average molecular weight is 365 g/mol. The lowest BCUT2D eigenvalue weighted by atomic mass is 9.86. The summed E-state index contributed by atoms with van der Waals surface area (Å²) >= 11 is 0. The van der Waals surface area contributed by atoms with Gasteiger partial charge in [0.1, 0.15) is 0 Å². The van der Waals surface area contributed by atoms with E-state index in [0.717, 1.165) is 17.7 Å². The maximum absolute atomic E-state index is 12.4. The Balaban J connectivity index is 1.52. The molecule has 1 heterocycles. The second-order valence-corrected chi connectivity index (χ2v) is 7.17. The zero-order chi connectivity index (χ0) is 18.9. The van der Waals surface area contributed by atoms with E-state index in [1.165, 1.54) is 38.3 Å². The number of nitrogens with zero attached hydrogens (tertiary/aromatic N) is 1. The Morgan fingerprint density at radius 3 is 2.63 bits per heavy atom. The molecule has 0 radical (unpaired) electrons. The van der Waals surface area contributed by atoms with E-state index in [1.807, 2.05) is 24.3 Å². The third-order valence-corrected chi connectivity index (χ3v) is 5.16. The maximum Gasteiger partial charge on any atom is 0.253 e. The number of benzene rings is 1. The van der Waals surface area contributed by atoms with Crippen LogP contribution in [-0.4, -0.2) is 16.8 Å². The summed E-state index contributed by atoms with van der Waals surface area (Å²) in [7, 11) is 0. The molecule has 5 nitrogen and oxygen atoms in total. The lowest BCUT2D eigenvalue weighted by molar-refractivity contribution is -0.116. The number of aromatic nitrogens is 1. The van der Waals surface area contributed by atoms with Gasteiger partial charge in [0.05, 0.1) is 5.56 Å². The highest BCUT2D eigenvalue weighted by molar-refractivity contribution is 5.94.